The van der Waals surface area contributed by atoms with Gasteiger partial charge < -0.3 is 5.11 Å². The summed E-state index contributed by atoms with van der Waals surface area (Å²) in [5, 5.41) is 9.01. The molecule has 0 fully saturated rings. The Morgan fingerprint density at radius 1 is 1.44 bits per heavy atom. The SMILES string of the molecule is CC(C)=C(SC(C)c1cnccn1)C(=O)O. The van der Waals surface area contributed by atoms with Crippen LogP contribution in [0.25, 0.3) is 0 Å². The van der Waals surface area contributed by atoms with E-state index in [4.69, 9.17) is 5.11 Å². The molecule has 0 aliphatic carbocycles. The summed E-state index contributed by atoms with van der Waals surface area (Å²) in [6, 6.07) is 0. The van der Waals surface area contributed by atoms with Gasteiger partial charge in [-0.05, 0) is 20.8 Å². The van der Waals surface area contributed by atoms with Crippen LogP contribution in [0.2, 0.25) is 0 Å². The molecule has 0 amide bonds. The molecular formula is C11H14N2O2S. The van der Waals surface area contributed by atoms with Crippen LogP contribution in [-0.2, 0) is 4.79 Å². The highest BCUT2D eigenvalue weighted by Gasteiger charge is 2.16. The number of hydrogen-bond acceptors (Lipinski definition) is 4. The first kappa shape index (κ1) is 12.7. The van der Waals surface area contributed by atoms with E-state index in [1.165, 1.54) is 11.8 Å². The first-order valence-electron chi connectivity index (χ1n) is 4.85. The molecule has 1 unspecified atom stereocenters. The molecule has 1 aromatic rings. The summed E-state index contributed by atoms with van der Waals surface area (Å²) in [6.45, 7) is 5.50. The van der Waals surface area contributed by atoms with Crippen LogP contribution in [0.15, 0.2) is 29.1 Å². The highest BCUT2D eigenvalue weighted by Crippen LogP contribution is 2.34. The summed E-state index contributed by atoms with van der Waals surface area (Å²) in [5.74, 6) is -0.888. The Hall–Kier alpha value is -1.36. The van der Waals surface area contributed by atoms with Gasteiger partial charge in [0.2, 0.25) is 0 Å². The maximum atomic E-state index is 11.0. The average Bonchev–Trinajstić information content (AvgIpc) is 2.25. The predicted molar refractivity (Wildman–Crippen MR) is 64.0 cm³/mol. The standard InChI is InChI=1S/C11H14N2O2S/c1-7(2)10(11(14)15)16-8(3)9-6-12-4-5-13-9/h4-6,8H,1-3H3,(H,14,15). The summed E-state index contributed by atoms with van der Waals surface area (Å²) < 4.78 is 0. The largest absolute Gasteiger partial charge is 0.477 e. The number of hydrogen-bond donors (Lipinski definition) is 1. The number of carbonyl (C=O) groups is 1. The second kappa shape index (κ2) is 5.65. The maximum absolute atomic E-state index is 11.0. The van der Waals surface area contributed by atoms with E-state index >= 15 is 0 Å². The molecule has 0 spiro atoms. The molecule has 1 atom stereocenters. The van der Waals surface area contributed by atoms with Gasteiger partial charge in [-0.2, -0.15) is 0 Å². The van der Waals surface area contributed by atoms with E-state index in [2.05, 4.69) is 9.97 Å². The van der Waals surface area contributed by atoms with E-state index in [0.29, 0.717) is 4.91 Å². The molecule has 0 aliphatic heterocycles. The van der Waals surface area contributed by atoms with E-state index in [9.17, 15) is 4.79 Å². The number of thioether (sulfide) groups is 1. The monoisotopic (exact) mass is 238 g/mol. The number of carboxylic acid groups (broad SMARTS) is 1. The molecule has 0 bridgehead atoms. The Morgan fingerprint density at radius 2 is 2.12 bits per heavy atom. The van der Waals surface area contributed by atoms with Gasteiger partial charge >= 0.3 is 5.97 Å². The molecular weight excluding hydrogens is 224 g/mol. The van der Waals surface area contributed by atoms with Crippen molar-refractivity contribution in [1.29, 1.82) is 0 Å². The van der Waals surface area contributed by atoms with Crippen molar-refractivity contribution < 1.29 is 9.90 Å². The topological polar surface area (TPSA) is 63.1 Å². The number of aliphatic carboxylic acids is 1. The van der Waals surface area contributed by atoms with Gasteiger partial charge in [0.1, 0.15) is 0 Å². The lowest BCUT2D eigenvalue weighted by atomic mass is 10.3. The average molecular weight is 238 g/mol. The normalized spacial score (nSPS) is 11.9. The van der Waals surface area contributed by atoms with Crippen molar-refractivity contribution >= 4 is 17.7 Å². The van der Waals surface area contributed by atoms with E-state index < -0.39 is 5.97 Å². The number of nitrogens with zero attached hydrogens (tertiary/aromatic N) is 2. The number of rotatable bonds is 4. The van der Waals surface area contributed by atoms with E-state index in [0.717, 1.165) is 11.3 Å². The second-order valence-electron chi connectivity index (χ2n) is 3.52. The zero-order valence-corrected chi connectivity index (χ0v) is 10.3. The highest BCUT2D eigenvalue weighted by atomic mass is 32.2. The highest BCUT2D eigenvalue weighted by molar-refractivity contribution is 8.04. The van der Waals surface area contributed by atoms with Crippen LogP contribution in [0.1, 0.15) is 31.7 Å². The quantitative estimate of drug-likeness (QED) is 0.817. The smallest absolute Gasteiger partial charge is 0.342 e. The van der Waals surface area contributed by atoms with Gasteiger partial charge in [-0.15, -0.1) is 11.8 Å². The molecule has 16 heavy (non-hydrogen) atoms. The predicted octanol–water partition coefficient (Wildman–Crippen LogP) is 2.65. The minimum Gasteiger partial charge on any atom is -0.477 e. The van der Waals surface area contributed by atoms with Crippen molar-refractivity contribution in [2.24, 2.45) is 0 Å². The van der Waals surface area contributed by atoms with Crippen molar-refractivity contribution in [3.05, 3.63) is 34.8 Å². The van der Waals surface area contributed by atoms with Crippen LogP contribution in [0.4, 0.5) is 0 Å². The first-order chi connectivity index (χ1) is 7.52. The molecule has 0 radical (unpaired) electrons. The van der Waals surface area contributed by atoms with Crippen LogP contribution < -0.4 is 0 Å². The molecule has 1 N–H and O–H groups in total. The fourth-order valence-electron chi connectivity index (χ4n) is 1.14. The van der Waals surface area contributed by atoms with Crippen LogP contribution in [0.5, 0.6) is 0 Å². The maximum Gasteiger partial charge on any atom is 0.342 e. The van der Waals surface area contributed by atoms with Crippen LogP contribution >= 0.6 is 11.8 Å². The molecule has 0 saturated carbocycles. The molecule has 1 aromatic heterocycles. The van der Waals surface area contributed by atoms with Crippen LogP contribution in [-0.4, -0.2) is 21.0 Å². The van der Waals surface area contributed by atoms with Gasteiger partial charge in [-0.1, -0.05) is 5.57 Å². The Kier molecular flexibility index (Phi) is 4.49. The van der Waals surface area contributed by atoms with Gasteiger partial charge in [0, 0.05) is 18.6 Å². The lowest BCUT2D eigenvalue weighted by Crippen LogP contribution is -2.02. The first-order valence-corrected chi connectivity index (χ1v) is 5.73. The lowest BCUT2D eigenvalue weighted by Gasteiger charge is -2.11. The Morgan fingerprint density at radius 3 is 2.56 bits per heavy atom. The van der Waals surface area contributed by atoms with Gasteiger partial charge in [0.25, 0.3) is 0 Å². The Balaban J connectivity index is 2.82. The van der Waals surface area contributed by atoms with Gasteiger partial charge in [0.05, 0.1) is 15.8 Å². The second-order valence-corrected chi connectivity index (χ2v) is 4.88. The fraction of sp³-hybridized carbons (Fsp3) is 0.364. The summed E-state index contributed by atoms with van der Waals surface area (Å²) in [7, 11) is 0. The molecule has 0 aromatic carbocycles. The zero-order valence-electron chi connectivity index (χ0n) is 9.47. The summed E-state index contributed by atoms with van der Waals surface area (Å²) in [4.78, 5) is 19.5. The third-order valence-electron chi connectivity index (χ3n) is 1.94. The van der Waals surface area contributed by atoms with E-state index in [-0.39, 0.29) is 5.25 Å². The van der Waals surface area contributed by atoms with Crippen molar-refractivity contribution in [2.45, 2.75) is 26.0 Å². The Labute approximate surface area is 98.8 Å². The summed E-state index contributed by atoms with van der Waals surface area (Å²) in [6.07, 6.45) is 4.86. The molecule has 5 heteroatoms. The van der Waals surface area contributed by atoms with Gasteiger partial charge in [-0.3, -0.25) is 9.97 Å². The summed E-state index contributed by atoms with van der Waals surface area (Å²) >= 11 is 1.29. The van der Waals surface area contributed by atoms with Crippen LogP contribution in [0.3, 0.4) is 0 Å². The number of allylic oxidation sites excluding steroid dienone is 1. The van der Waals surface area contributed by atoms with Crippen molar-refractivity contribution in [1.82, 2.24) is 9.97 Å². The van der Waals surface area contributed by atoms with E-state index in [1.54, 1.807) is 32.4 Å². The summed E-state index contributed by atoms with van der Waals surface area (Å²) in [5.41, 5.74) is 1.58. The molecule has 1 rings (SSSR count). The van der Waals surface area contributed by atoms with E-state index in [1.807, 2.05) is 6.92 Å². The van der Waals surface area contributed by atoms with Crippen molar-refractivity contribution in [3.8, 4) is 0 Å². The lowest BCUT2D eigenvalue weighted by molar-refractivity contribution is -0.131. The fourth-order valence-corrected chi connectivity index (χ4v) is 2.07. The van der Waals surface area contributed by atoms with Crippen molar-refractivity contribution in [3.63, 3.8) is 0 Å². The third kappa shape index (κ3) is 3.34. The minimum absolute atomic E-state index is 0.0188. The molecule has 0 aliphatic rings. The number of carboxylic acids is 1. The Bertz CT molecular complexity index is 400. The molecule has 86 valence electrons. The molecule has 0 saturated heterocycles. The van der Waals surface area contributed by atoms with Gasteiger partial charge in [-0.25, -0.2) is 4.79 Å². The molecule has 1 heterocycles. The van der Waals surface area contributed by atoms with Crippen molar-refractivity contribution in [2.75, 3.05) is 0 Å². The minimum atomic E-state index is -0.888. The van der Waals surface area contributed by atoms with Gasteiger partial charge in [0.15, 0.2) is 0 Å². The third-order valence-corrected chi connectivity index (χ3v) is 3.36. The zero-order chi connectivity index (χ0) is 12.1. The molecule has 4 nitrogen and oxygen atoms in total. The van der Waals surface area contributed by atoms with Crippen LogP contribution in [0, 0.1) is 0 Å². The number of aromatic nitrogens is 2.